The fourth-order valence-electron chi connectivity index (χ4n) is 3.85. The number of aromatic nitrogens is 5. The monoisotopic (exact) mass is 387 g/mol. The molecule has 9 heteroatoms. The van der Waals surface area contributed by atoms with E-state index < -0.39 is 0 Å². The van der Waals surface area contributed by atoms with Gasteiger partial charge in [0.05, 0.1) is 28.2 Å². The highest BCUT2D eigenvalue weighted by Gasteiger charge is 2.21. The second kappa shape index (κ2) is 6.39. The number of fused-ring (bicyclic) bond motifs is 2. The van der Waals surface area contributed by atoms with E-state index in [-0.39, 0.29) is 28.7 Å². The van der Waals surface area contributed by atoms with E-state index in [1.54, 1.807) is 33.6 Å². The summed E-state index contributed by atoms with van der Waals surface area (Å²) >= 11 is 0. The van der Waals surface area contributed by atoms with E-state index in [4.69, 9.17) is 0 Å². The van der Waals surface area contributed by atoms with Crippen molar-refractivity contribution in [3.63, 3.8) is 0 Å². The molecule has 0 amide bonds. The molecule has 5 rings (SSSR count). The van der Waals surface area contributed by atoms with Gasteiger partial charge in [0.25, 0.3) is 5.56 Å². The molecule has 1 unspecified atom stereocenters. The first-order valence-electron chi connectivity index (χ1n) is 9.27. The largest absolute Gasteiger partial charge is 0.506 e. The van der Waals surface area contributed by atoms with Crippen LogP contribution >= 0.6 is 0 Å². The summed E-state index contributed by atoms with van der Waals surface area (Å²) in [7, 11) is 0. The molecule has 0 radical (unpaired) electrons. The molecule has 0 saturated carbocycles. The van der Waals surface area contributed by atoms with Crippen LogP contribution < -0.4 is 10.9 Å². The summed E-state index contributed by atoms with van der Waals surface area (Å²) in [6.07, 6.45) is 7.53. The number of nitrogens with one attached hydrogen (secondary N) is 1. The fourth-order valence-corrected chi connectivity index (χ4v) is 3.85. The van der Waals surface area contributed by atoms with E-state index in [2.05, 4.69) is 20.3 Å². The zero-order valence-electron chi connectivity index (χ0n) is 15.6. The molecular formula is C20H17N7O2. The van der Waals surface area contributed by atoms with Gasteiger partial charge in [-0.25, -0.2) is 15.0 Å². The standard InChI is InChI=1S/C20H17N7O2/c1-11-9-26-10-15(17(28)13(6-21)19(26)24-11)18-23-8-14-16(25-18)3-5-27(20(14)29)12-2-4-22-7-12/h3,5,8-10,12,22,28H,2,4,7H2,1H3. The van der Waals surface area contributed by atoms with E-state index >= 15 is 0 Å². The second-order valence-electron chi connectivity index (χ2n) is 7.16. The predicted octanol–water partition coefficient (Wildman–Crippen LogP) is 1.53. The third kappa shape index (κ3) is 2.65. The minimum absolute atomic E-state index is 0.0587. The minimum atomic E-state index is -0.227. The molecule has 4 aromatic rings. The van der Waals surface area contributed by atoms with Crippen molar-refractivity contribution in [2.75, 3.05) is 13.1 Å². The summed E-state index contributed by atoms with van der Waals surface area (Å²) in [5, 5.41) is 23.8. The van der Waals surface area contributed by atoms with Crippen molar-refractivity contribution in [1.29, 1.82) is 5.26 Å². The van der Waals surface area contributed by atoms with Crippen molar-refractivity contribution < 1.29 is 5.11 Å². The molecule has 2 N–H and O–H groups in total. The molecule has 1 fully saturated rings. The van der Waals surface area contributed by atoms with Gasteiger partial charge in [0.1, 0.15) is 17.4 Å². The van der Waals surface area contributed by atoms with Gasteiger partial charge in [-0.3, -0.25) is 4.79 Å². The highest BCUT2D eigenvalue weighted by Crippen LogP contribution is 2.32. The Labute approximate surface area is 164 Å². The maximum atomic E-state index is 12.9. The lowest BCUT2D eigenvalue weighted by Crippen LogP contribution is -2.26. The molecule has 1 aliphatic heterocycles. The number of aryl methyl sites for hydroxylation is 1. The number of hydrogen-bond acceptors (Lipinski definition) is 7. The average molecular weight is 387 g/mol. The first-order valence-corrected chi connectivity index (χ1v) is 9.27. The van der Waals surface area contributed by atoms with Crippen LogP contribution in [0.25, 0.3) is 27.9 Å². The van der Waals surface area contributed by atoms with Crippen LogP contribution in [0.15, 0.2) is 35.6 Å². The van der Waals surface area contributed by atoms with E-state index in [0.29, 0.717) is 22.1 Å². The molecule has 0 aliphatic carbocycles. The molecule has 9 nitrogen and oxygen atoms in total. The number of pyridine rings is 2. The molecule has 0 bridgehead atoms. The normalized spacial score (nSPS) is 16.5. The van der Waals surface area contributed by atoms with Crippen molar-refractivity contribution in [2.45, 2.75) is 19.4 Å². The summed E-state index contributed by atoms with van der Waals surface area (Å²) in [5.74, 6) is 0.00904. The van der Waals surface area contributed by atoms with Crippen LogP contribution in [0.1, 0.15) is 23.7 Å². The molecule has 29 heavy (non-hydrogen) atoms. The minimum Gasteiger partial charge on any atom is -0.506 e. The van der Waals surface area contributed by atoms with Crippen LogP contribution in [0.4, 0.5) is 0 Å². The van der Waals surface area contributed by atoms with E-state index in [9.17, 15) is 15.2 Å². The summed E-state index contributed by atoms with van der Waals surface area (Å²) < 4.78 is 3.39. The lowest BCUT2D eigenvalue weighted by molar-refractivity contribution is 0.475. The van der Waals surface area contributed by atoms with Crippen LogP contribution in [-0.4, -0.2) is 42.1 Å². The van der Waals surface area contributed by atoms with Gasteiger partial charge in [-0.2, -0.15) is 5.26 Å². The maximum Gasteiger partial charge on any atom is 0.261 e. The molecule has 4 aromatic heterocycles. The molecule has 1 aliphatic rings. The second-order valence-corrected chi connectivity index (χ2v) is 7.16. The lowest BCUT2D eigenvalue weighted by Gasteiger charge is -2.13. The van der Waals surface area contributed by atoms with Crippen LogP contribution in [0.2, 0.25) is 0 Å². The molecule has 144 valence electrons. The molecule has 5 heterocycles. The van der Waals surface area contributed by atoms with Gasteiger partial charge in [-0.05, 0) is 26.0 Å². The Morgan fingerprint density at radius 2 is 2.21 bits per heavy atom. The summed E-state index contributed by atoms with van der Waals surface area (Å²) in [6.45, 7) is 3.46. The summed E-state index contributed by atoms with van der Waals surface area (Å²) in [4.78, 5) is 25.9. The van der Waals surface area contributed by atoms with E-state index in [1.807, 2.05) is 13.0 Å². The zero-order chi connectivity index (χ0) is 20.1. The first kappa shape index (κ1) is 17.3. The summed E-state index contributed by atoms with van der Waals surface area (Å²) in [5.41, 5.74) is 1.81. The van der Waals surface area contributed by atoms with Crippen LogP contribution in [0.5, 0.6) is 5.75 Å². The highest BCUT2D eigenvalue weighted by atomic mass is 16.3. The SMILES string of the molecule is Cc1cn2cc(-c3ncc4c(=O)n(C5CCNC5)ccc4n3)c(O)c(C#N)c2n1. The molecule has 0 aromatic carbocycles. The third-order valence-electron chi connectivity index (χ3n) is 5.29. The van der Waals surface area contributed by atoms with Crippen LogP contribution in [0.3, 0.4) is 0 Å². The predicted molar refractivity (Wildman–Crippen MR) is 106 cm³/mol. The molecule has 0 spiro atoms. The zero-order valence-corrected chi connectivity index (χ0v) is 15.6. The number of nitriles is 1. The smallest absolute Gasteiger partial charge is 0.261 e. The van der Waals surface area contributed by atoms with Crippen molar-refractivity contribution in [2.24, 2.45) is 0 Å². The number of aromatic hydroxyl groups is 1. The van der Waals surface area contributed by atoms with Crippen LogP contribution in [-0.2, 0) is 0 Å². The maximum absolute atomic E-state index is 12.9. The Kier molecular flexibility index (Phi) is 3.82. The van der Waals surface area contributed by atoms with Gasteiger partial charge in [0.15, 0.2) is 11.5 Å². The quantitative estimate of drug-likeness (QED) is 0.535. The molecule has 1 saturated heterocycles. The van der Waals surface area contributed by atoms with Gasteiger partial charge in [-0.15, -0.1) is 0 Å². The summed E-state index contributed by atoms with van der Waals surface area (Å²) in [6, 6.07) is 3.90. The van der Waals surface area contributed by atoms with Crippen LogP contribution in [0, 0.1) is 18.3 Å². The average Bonchev–Trinajstić information content (AvgIpc) is 3.37. The Hall–Kier alpha value is -3.77. The Morgan fingerprint density at radius 1 is 1.34 bits per heavy atom. The van der Waals surface area contributed by atoms with Gasteiger partial charge >= 0.3 is 0 Å². The topological polar surface area (TPSA) is 121 Å². The van der Waals surface area contributed by atoms with Crippen molar-refractivity contribution in [3.05, 3.63) is 52.5 Å². The number of hydrogen-bond donors (Lipinski definition) is 2. The Bertz CT molecular complexity index is 1370. The van der Waals surface area contributed by atoms with E-state index in [0.717, 1.165) is 25.2 Å². The number of nitrogens with zero attached hydrogens (tertiary/aromatic N) is 6. The highest BCUT2D eigenvalue weighted by molar-refractivity contribution is 5.81. The number of imidazole rings is 1. The third-order valence-corrected chi connectivity index (χ3v) is 5.29. The van der Waals surface area contributed by atoms with Gasteiger partial charge in [-0.1, -0.05) is 0 Å². The molecule has 1 atom stereocenters. The lowest BCUT2D eigenvalue weighted by atomic mass is 10.1. The fraction of sp³-hybridized carbons (Fsp3) is 0.250. The van der Waals surface area contributed by atoms with Crippen molar-refractivity contribution in [1.82, 2.24) is 29.2 Å². The van der Waals surface area contributed by atoms with E-state index in [1.165, 1.54) is 6.20 Å². The Morgan fingerprint density at radius 3 is 2.97 bits per heavy atom. The molecular weight excluding hydrogens is 370 g/mol. The Balaban J connectivity index is 1.68. The van der Waals surface area contributed by atoms with Crippen molar-refractivity contribution >= 4 is 16.6 Å². The van der Waals surface area contributed by atoms with Gasteiger partial charge < -0.3 is 19.4 Å². The first-order chi connectivity index (χ1) is 14.1. The number of rotatable bonds is 2. The van der Waals surface area contributed by atoms with Gasteiger partial charge in [0, 0.05) is 31.3 Å². The van der Waals surface area contributed by atoms with Gasteiger partial charge in [0.2, 0.25) is 0 Å². The van der Waals surface area contributed by atoms with Crippen molar-refractivity contribution in [3.8, 4) is 23.2 Å².